The molecule has 4 unspecified atom stereocenters. The third-order valence-electron chi connectivity index (χ3n) is 6.34. The van der Waals surface area contributed by atoms with Gasteiger partial charge in [0.15, 0.2) is 5.72 Å². The van der Waals surface area contributed by atoms with Gasteiger partial charge in [-0.05, 0) is 39.8 Å². The number of allylic oxidation sites excluding steroid dienone is 1. The zero-order valence-corrected chi connectivity index (χ0v) is 20.9. The number of hydrogen-bond acceptors (Lipinski definition) is 7. The molecule has 184 valence electrons. The Bertz CT molecular complexity index is 788. The third kappa shape index (κ3) is 6.62. The highest BCUT2D eigenvalue weighted by molar-refractivity contribution is 5.93. The molecule has 2 heterocycles. The number of nitrogens with one attached hydrogen (secondary N) is 2. The molecule has 2 aliphatic rings. The number of carbonyl (C=O) groups excluding carboxylic acids is 1. The van der Waals surface area contributed by atoms with Crippen molar-refractivity contribution in [1.29, 1.82) is 0 Å². The first-order valence-corrected chi connectivity index (χ1v) is 12.0. The van der Waals surface area contributed by atoms with Gasteiger partial charge >= 0.3 is 0 Å². The van der Waals surface area contributed by atoms with Crippen LogP contribution in [0.15, 0.2) is 47.1 Å². The van der Waals surface area contributed by atoms with E-state index in [9.17, 15) is 9.90 Å². The number of hydrogen-bond donors (Lipinski definition) is 3. The Hall–Kier alpha value is -2.29. The Morgan fingerprint density at radius 2 is 2.24 bits per heavy atom. The molecule has 0 aromatic rings. The largest absolute Gasteiger partial charge is 0.369 e. The first-order chi connectivity index (χ1) is 15.7. The second-order valence-corrected chi connectivity index (χ2v) is 8.89. The summed E-state index contributed by atoms with van der Waals surface area (Å²) in [5.74, 6) is 0.370. The van der Waals surface area contributed by atoms with E-state index in [0.29, 0.717) is 18.4 Å². The smallest absolute Gasteiger partial charge is 0.234 e. The molecule has 0 saturated heterocycles. The van der Waals surface area contributed by atoms with Crippen LogP contribution in [0.5, 0.6) is 0 Å². The molecule has 3 N–H and O–H groups in total. The van der Waals surface area contributed by atoms with E-state index >= 15 is 0 Å². The van der Waals surface area contributed by atoms with Crippen molar-refractivity contribution >= 4 is 18.0 Å². The monoisotopic (exact) mass is 458 g/mol. The number of rotatable bonds is 13. The summed E-state index contributed by atoms with van der Waals surface area (Å²) in [5, 5.41) is 17.2. The minimum Gasteiger partial charge on any atom is -0.369 e. The van der Waals surface area contributed by atoms with Gasteiger partial charge in [0.1, 0.15) is 5.84 Å². The molecule has 1 amide bonds. The topological polar surface area (TPSA) is 92.6 Å². The lowest BCUT2D eigenvalue weighted by Crippen LogP contribution is -2.60. The van der Waals surface area contributed by atoms with Crippen LogP contribution < -0.4 is 10.6 Å². The van der Waals surface area contributed by atoms with E-state index in [4.69, 9.17) is 4.99 Å². The minimum atomic E-state index is -1.45. The highest BCUT2D eigenvalue weighted by Gasteiger charge is 2.48. The summed E-state index contributed by atoms with van der Waals surface area (Å²) in [5.41, 5.74) is -1.85. The maximum Gasteiger partial charge on any atom is 0.234 e. The molecular formula is C25H42N6O2. The van der Waals surface area contributed by atoms with Gasteiger partial charge in [0.05, 0.1) is 18.1 Å². The van der Waals surface area contributed by atoms with Gasteiger partial charge in [0, 0.05) is 44.5 Å². The zero-order chi connectivity index (χ0) is 24.5. The summed E-state index contributed by atoms with van der Waals surface area (Å²) < 4.78 is 0. The maximum atomic E-state index is 12.5. The Morgan fingerprint density at radius 1 is 1.48 bits per heavy atom. The van der Waals surface area contributed by atoms with Crippen LogP contribution in [0.25, 0.3) is 0 Å². The molecule has 0 saturated carbocycles. The molecule has 0 bridgehead atoms. The molecular weight excluding hydrogens is 416 g/mol. The van der Waals surface area contributed by atoms with E-state index in [1.807, 2.05) is 31.5 Å². The van der Waals surface area contributed by atoms with Gasteiger partial charge in [-0.15, -0.1) is 6.58 Å². The van der Waals surface area contributed by atoms with Crippen molar-refractivity contribution in [3.05, 3.63) is 37.1 Å². The third-order valence-corrected chi connectivity index (χ3v) is 6.34. The molecule has 4 atom stereocenters. The molecule has 8 heteroatoms. The zero-order valence-electron chi connectivity index (χ0n) is 20.9. The number of nitrogens with zero attached hydrogens (tertiary/aromatic N) is 4. The van der Waals surface area contributed by atoms with Crippen LogP contribution in [0, 0.1) is 0 Å². The fraction of sp³-hybridized carbons (Fsp3) is 0.640. The number of amidine groups is 1. The minimum absolute atomic E-state index is 0.00676. The molecule has 33 heavy (non-hydrogen) atoms. The first kappa shape index (κ1) is 27.0. The molecule has 8 nitrogen and oxygen atoms in total. The lowest BCUT2D eigenvalue weighted by Gasteiger charge is -2.41. The Balaban J connectivity index is 1.94. The summed E-state index contributed by atoms with van der Waals surface area (Å²) in [6.07, 6.45) is 13.5. The van der Waals surface area contributed by atoms with Crippen molar-refractivity contribution < 1.29 is 9.90 Å². The summed E-state index contributed by atoms with van der Waals surface area (Å²) >= 11 is 0. The average Bonchev–Trinajstić information content (AvgIpc) is 3.08. The van der Waals surface area contributed by atoms with Crippen LogP contribution in [-0.2, 0) is 4.79 Å². The average molecular weight is 459 g/mol. The quantitative estimate of drug-likeness (QED) is 0.290. The Labute approximate surface area is 199 Å². The van der Waals surface area contributed by atoms with E-state index in [1.54, 1.807) is 6.92 Å². The Kier molecular flexibility index (Phi) is 10.0. The van der Waals surface area contributed by atoms with Gasteiger partial charge in [-0.1, -0.05) is 32.1 Å². The maximum absolute atomic E-state index is 12.5. The fourth-order valence-electron chi connectivity index (χ4n) is 4.52. The van der Waals surface area contributed by atoms with Gasteiger partial charge in [-0.2, -0.15) is 0 Å². The van der Waals surface area contributed by atoms with Crippen molar-refractivity contribution in [1.82, 2.24) is 20.4 Å². The highest BCUT2D eigenvalue weighted by atomic mass is 16.3. The second kappa shape index (κ2) is 12.3. The standard InChI is InChI=1S/C25H42N6O2/c1-7-13-24(5)21(9-3)29-23(31(24)17-8-2)25(6,33)28-19-22(32)27-16-18-30(10-4)20-11-14-26-15-12-20/h7,9,11,13-15,20-21,28,33H,3,8,10,12,16-19H2,1-2,4-6H3,(H,27,32)/b13-7-. The number of likely N-dealkylation sites (N-methyl/N-ethyl adjacent to an activating group) is 1. The lowest BCUT2D eigenvalue weighted by atomic mass is 9.91. The Morgan fingerprint density at radius 3 is 2.82 bits per heavy atom. The van der Waals surface area contributed by atoms with Crippen molar-refractivity contribution in [2.24, 2.45) is 9.98 Å². The molecule has 0 aromatic carbocycles. The predicted molar refractivity (Wildman–Crippen MR) is 137 cm³/mol. The summed E-state index contributed by atoms with van der Waals surface area (Å²) in [7, 11) is 0. The molecule has 0 spiro atoms. The fourth-order valence-corrected chi connectivity index (χ4v) is 4.52. The first-order valence-electron chi connectivity index (χ1n) is 12.0. The highest BCUT2D eigenvalue weighted by Crippen LogP contribution is 2.34. The van der Waals surface area contributed by atoms with Crippen LogP contribution in [0.1, 0.15) is 47.5 Å². The van der Waals surface area contributed by atoms with Crippen molar-refractivity contribution in [3.63, 3.8) is 0 Å². The molecule has 2 rings (SSSR count). The van der Waals surface area contributed by atoms with Crippen molar-refractivity contribution in [2.45, 2.75) is 70.8 Å². The summed E-state index contributed by atoms with van der Waals surface area (Å²) in [6, 6.07) is 0.133. The van der Waals surface area contributed by atoms with Gasteiger partial charge in [-0.25, -0.2) is 0 Å². The summed E-state index contributed by atoms with van der Waals surface area (Å²) in [6.45, 7) is 16.8. The van der Waals surface area contributed by atoms with Gasteiger partial charge in [0.25, 0.3) is 0 Å². The van der Waals surface area contributed by atoms with Gasteiger partial charge < -0.3 is 15.3 Å². The molecule has 0 radical (unpaired) electrons. The molecule has 2 aliphatic heterocycles. The van der Waals surface area contributed by atoms with Crippen molar-refractivity contribution in [3.8, 4) is 0 Å². The summed E-state index contributed by atoms with van der Waals surface area (Å²) in [4.78, 5) is 25.8. The van der Waals surface area contributed by atoms with Crippen LogP contribution >= 0.6 is 0 Å². The van der Waals surface area contributed by atoms with E-state index < -0.39 is 11.3 Å². The van der Waals surface area contributed by atoms with E-state index in [0.717, 1.165) is 32.5 Å². The van der Waals surface area contributed by atoms with Gasteiger partial charge in [0.2, 0.25) is 5.91 Å². The van der Waals surface area contributed by atoms with Crippen LogP contribution in [0.4, 0.5) is 0 Å². The second-order valence-electron chi connectivity index (χ2n) is 8.89. The van der Waals surface area contributed by atoms with E-state index in [2.05, 4.69) is 64.9 Å². The van der Waals surface area contributed by atoms with E-state index in [1.165, 1.54) is 0 Å². The number of carbonyl (C=O) groups is 1. The molecule has 0 aromatic heterocycles. The van der Waals surface area contributed by atoms with Crippen LogP contribution in [-0.4, -0.2) is 88.9 Å². The number of aliphatic imine (C=N–C) groups is 2. The van der Waals surface area contributed by atoms with Crippen LogP contribution in [0.3, 0.4) is 0 Å². The van der Waals surface area contributed by atoms with E-state index in [-0.39, 0.29) is 18.5 Å². The molecule has 0 fully saturated rings. The molecule has 0 aliphatic carbocycles. The normalized spacial score (nSPS) is 26.6. The van der Waals surface area contributed by atoms with Gasteiger partial charge in [-0.3, -0.25) is 25.0 Å². The number of aliphatic hydroxyl groups is 1. The van der Waals surface area contributed by atoms with Crippen molar-refractivity contribution in [2.75, 3.05) is 32.7 Å². The number of amides is 1. The lowest BCUT2D eigenvalue weighted by molar-refractivity contribution is -0.121. The predicted octanol–water partition coefficient (Wildman–Crippen LogP) is 2.09. The van der Waals surface area contributed by atoms with Crippen LogP contribution in [0.2, 0.25) is 0 Å². The SMILES string of the molecule is C=CC1N=C(C(C)(O)NCC(=O)NCCN(CC)C2C=CN=CC2)N(CCC)C1(C)/C=C\C.